The van der Waals surface area contributed by atoms with Gasteiger partial charge in [-0.15, -0.1) is 0 Å². The van der Waals surface area contributed by atoms with Crippen molar-refractivity contribution in [2.75, 3.05) is 19.1 Å². The molecule has 0 saturated heterocycles. The molecule has 0 atom stereocenters. The van der Waals surface area contributed by atoms with Crippen molar-refractivity contribution in [1.82, 2.24) is 4.98 Å². The number of carbonyl (C=O) groups excluding carboxylic acids is 2. The van der Waals surface area contributed by atoms with Crippen molar-refractivity contribution in [3.63, 3.8) is 0 Å². The molecule has 0 aliphatic carbocycles. The van der Waals surface area contributed by atoms with Crippen LogP contribution in [-0.2, 0) is 0 Å². The van der Waals surface area contributed by atoms with Crippen LogP contribution in [0, 0.1) is 0 Å². The third-order valence-electron chi connectivity index (χ3n) is 5.05. The van der Waals surface area contributed by atoms with Crippen molar-refractivity contribution in [2.24, 2.45) is 0 Å². The Morgan fingerprint density at radius 1 is 0.833 bits per heavy atom. The minimum absolute atomic E-state index is 0.349. The summed E-state index contributed by atoms with van der Waals surface area (Å²) in [4.78, 5) is 31.2. The Hall–Kier alpha value is -4.13. The number of benzene rings is 3. The van der Waals surface area contributed by atoms with E-state index in [0.717, 1.165) is 4.90 Å². The summed E-state index contributed by atoms with van der Waals surface area (Å²) in [6, 6.07) is 17.2. The normalized spacial score (nSPS) is 13.1. The predicted molar refractivity (Wildman–Crippen MR) is 110 cm³/mol. The number of carbonyl (C=O) groups is 2. The summed E-state index contributed by atoms with van der Waals surface area (Å²) in [6.07, 6.45) is 0. The minimum atomic E-state index is -0.349. The van der Waals surface area contributed by atoms with Gasteiger partial charge in [0.25, 0.3) is 11.8 Å². The van der Waals surface area contributed by atoms with Gasteiger partial charge in [-0.05, 0) is 48.5 Å². The fourth-order valence-electron chi connectivity index (χ4n) is 3.57. The molecule has 7 nitrogen and oxygen atoms in total. The lowest BCUT2D eigenvalue weighted by atomic mass is 10.1. The minimum Gasteiger partial charge on any atom is -0.493 e. The molecule has 0 radical (unpaired) electrons. The topological polar surface area (TPSA) is 81.9 Å². The Balaban J connectivity index is 1.54. The number of oxazole rings is 1. The molecule has 0 N–H and O–H groups in total. The lowest BCUT2D eigenvalue weighted by Gasteiger charge is -2.13. The quantitative estimate of drug-likeness (QED) is 0.475. The monoisotopic (exact) mass is 400 g/mol. The van der Waals surface area contributed by atoms with Gasteiger partial charge in [-0.3, -0.25) is 9.59 Å². The number of methoxy groups -OCH3 is 2. The third kappa shape index (κ3) is 2.63. The van der Waals surface area contributed by atoms with Gasteiger partial charge in [0.15, 0.2) is 17.1 Å². The molecule has 1 aliphatic heterocycles. The molecule has 148 valence electrons. The molecule has 2 amide bonds. The van der Waals surface area contributed by atoms with Gasteiger partial charge in [0.1, 0.15) is 5.52 Å². The first-order valence-corrected chi connectivity index (χ1v) is 9.21. The van der Waals surface area contributed by atoms with Crippen LogP contribution in [0.5, 0.6) is 11.5 Å². The Morgan fingerprint density at radius 2 is 1.53 bits per heavy atom. The zero-order valence-corrected chi connectivity index (χ0v) is 16.2. The highest BCUT2D eigenvalue weighted by Gasteiger charge is 2.36. The average Bonchev–Trinajstić information content (AvgIpc) is 3.32. The maximum Gasteiger partial charge on any atom is 0.266 e. The van der Waals surface area contributed by atoms with Crippen molar-refractivity contribution in [2.45, 2.75) is 0 Å². The van der Waals surface area contributed by atoms with Crippen LogP contribution in [0.1, 0.15) is 20.7 Å². The zero-order valence-electron chi connectivity index (χ0n) is 16.2. The van der Waals surface area contributed by atoms with Crippen LogP contribution >= 0.6 is 0 Å². The number of imide groups is 1. The average molecular weight is 400 g/mol. The molecule has 2 heterocycles. The van der Waals surface area contributed by atoms with E-state index in [-0.39, 0.29) is 11.8 Å². The zero-order chi connectivity index (χ0) is 20.8. The van der Waals surface area contributed by atoms with E-state index in [1.165, 1.54) is 0 Å². The molecule has 5 rings (SSSR count). The van der Waals surface area contributed by atoms with Gasteiger partial charge in [0.05, 0.1) is 31.0 Å². The smallest absolute Gasteiger partial charge is 0.266 e. The van der Waals surface area contributed by atoms with E-state index in [9.17, 15) is 9.59 Å². The third-order valence-corrected chi connectivity index (χ3v) is 5.05. The maximum absolute atomic E-state index is 12.7. The molecular weight excluding hydrogens is 384 g/mol. The van der Waals surface area contributed by atoms with Crippen molar-refractivity contribution in [3.05, 3.63) is 71.8 Å². The Bertz CT molecular complexity index is 1290. The van der Waals surface area contributed by atoms with Crippen molar-refractivity contribution in [1.29, 1.82) is 0 Å². The van der Waals surface area contributed by atoms with E-state index in [1.54, 1.807) is 68.8 Å². The van der Waals surface area contributed by atoms with E-state index in [4.69, 9.17) is 13.9 Å². The van der Waals surface area contributed by atoms with E-state index in [2.05, 4.69) is 4.98 Å². The summed E-state index contributed by atoms with van der Waals surface area (Å²) in [6.45, 7) is 0. The summed E-state index contributed by atoms with van der Waals surface area (Å²) in [5, 5.41) is 0. The fraction of sp³-hybridized carbons (Fsp3) is 0.0870. The SMILES string of the molecule is COc1ccc(-c2nc3cc(N4C(=O)c5ccccc5C4=O)ccc3o2)cc1OC. The number of hydrogen-bond donors (Lipinski definition) is 0. The summed E-state index contributed by atoms with van der Waals surface area (Å²) in [5.74, 6) is 0.858. The summed E-state index contributed by atoms with van der Waals surface area (Å²) < 4.78 is 16.5. The Morgan fingerprint density at radius 3 is 2.20 bits per heavy atom. The first-order valence-electron chi connectivity index (χ1n) is 9.21. The number of hydrogen-bond acceptors (Lipinski definition) is 6. The van der Waals surface area contributed by atoms with Crippen LogP contribution in [0.3, 0.4) is 0 Å². The molecule has 0 unspecified atom stereocenters. The van der Waals surface area contributed by atoms with Gasteiger partial charge in [-0.25, -0.2) is 9.88 Å². The fourth-order valence-corrected chi connectivity index (χ4v) is 3.57. The summed E-state index contributed by atoms with van der Waals surface area (Å²) >= 11 is 0. The summed E-state index contributed by atoms with van der Waals surface area (Å²) in [7, 11) is 3.12. The van der Waals surface area contributed by atoms with Crippen molar-refractivity contribution < 1.29 is 23.5 Å². The van der Waals surface area contributed by atoms with Crippen LogP contribution in [-0.4, -0.2) is 31.0 Å². The number of rotatable bonds is 4. The maximum atomic E-state index is 12.7. The van der Waals surface area contributed by atoms with E-state index >= 15 is 0 Å². The van der Waals surface area contributed by atoms with Gasteiger partial charge >= 0.3 is 0 Å². The van der Waals surface area contributed by atoms with E-state index in [0.29, 0.717) is 50.9 Å². The number of ether oxygens (including phenoxy) is 2. The lowest BCUT2D eigenvalue weighted by Crippen LogP contribution is -2.29. The van der Waals surface area contributed by atoms with Crippen LogP contribution < -0.4 is 14.4 Å². The molecule has 0 bridgehead atoms. The summed E-state index contributed by atoms with van der Waals surface area (Å²) in [5.41, 5.74) is 3.03. The molecule has 0 saturated carbocycles. The standard InChI is InChI=1S/C23H16N2O5/c1-28-19-9-7-13(11-20(19)29-2)21-24-17-12-14(8-10-18(17)30-21)25-22(26)15-5-3-4-6-16(15)23(25)27/h3-12H,1-2H3. The van der Waals surface area contributed by atoms with Crippen LogP contribution in [0.2, 0.25) is 0 Å². The molecule has 0 fully saturated rings. The van der Waals surface area contributed by atoms with Gasteiger partial charge < -0.3 is 13.9 Å². The highest BCUT2D eigenvalue weighted by molar-refractivity contribution is 6.34. The van der Waals surface area contributed by atoms with Gasteiger partial charge in [0, 0.05) is 5.56 Å². The van der Waals surface area contributed by atoms with Crippen LogP contribution in [0.25, 0.3) is 22.6 Å². The Labute approximate surface area is 171 Å². The number of fused-ring (bicyclic) bond motifs is 2. The molecule has 7 heteroatoms. The number of nitrogens with zero attached hydrogens (tertiary/aromatic N) is 2. The predicted octanol–water partition coefficient (Wildman–Crippen LogP) is 4.31. The number of aromatic nitrogens is 1. The largest absolute Gasteiger partial charge is 0.493 e. The van der Waals surface area contributed by atoms with Gasteiger partial charge in [-0.1, -0.05) is 12.1 Å². The Kier molecular flexibility index (Phi) is 4.03. The molecule has 0 spiro atoms. The van der Waals surface area contributed by atoms with Crippen molar-refractivity contribution >= 4 is 28.6 Å². The molecule has 1 aromatic heterocycles. The lowest BCUT2D eigenvalue weighted by molar-refractivity contribution is 0.0926. The number of anilines is 1. The molecule has 3 aromatic carbocycles. The van der Waals surface area contributed by atoms with Gasteiger partial charge in [-0.2, -0.15) is 0 Å². The highest BCUT2D eigenvalue weighted by atomic mass is 16.5. The first-order chi connectivity index (χ1) is 14.6. The second kappa shape index (κ2) is 6.73. The molecular formula is C23H16N2O5. The molecule has 30 heavy (non-hydrogen) atoms. The molecule has 1 aliphatic rings. The second-order valence-corrected chi connectivity index (χ2v) is 6.73. The first kappa shape index (κ1) is 17.9. The van der Waals surface area contributed by atoms with Crippen LogP contribution in [0.4, 0.5) is 5.69 Å². The van der Waals surface area contributed by atoms with E-state index in [1.807, 2.05) is 6.07 Å². The van der Waals surface area contributed by atoms with Crippen molar-refractivity contribution in [3.8, 4) is 23.0 Å². The van der Waals surface area contributed by atoms with E-state index < -0.39 is 0 Å². The van der Waals surface area contributed by atoms with Crippen LogP contribution in [0.15, 0.2) is 65.1 Å². The second-order valence-electron chi connectivity index (χ2n) is 6.73. The molecule has 4 aromatic rings. The number of amides is 2. The van der Waals surface area contributed by atoms with Gasteiger partial charge in [0.2, 0.25) is 5.89 Å². The highest BCUT2D eigenvalue weighted by Crippen LogP contribution is 2.35.